The molecule has 2 bridgehead atoms. The number of benzene rings is 1. The number of methoxy groups -OCH3 is 2. The normalized spacial score (nSPS) is 24.0. The van der Waals surface area contributed by atoms with Gasteiger partial charge < -0.3 is 14.4 Å². The highest BCUT2D eigenvalue weighted by molar-refractivity contribution is 5.79. The first-order valence-corrected chi connectivity index (χ1v) is 8.18. The first kappa shape index (κ1) is 15.2. The van der Waals surface area contributed by atoms with Crippen molar-refractivity contribution in [3.8, 4) is 11.5 Å². The molecule has 1 aromatic carbocycles. The van der Waals surface area contributed by atoms with Gasteiger partial charge in [0.1, 0.15) is 11.5 Å². The summed E-state index contributed by atoms with van der Waals surface area (Å²) in [7, 11) is 3.26. The van der Waals surface area contributed by atoms with Crippen LogP contribution in [0.5, 0.6) is 11.5 Å². The van der Waals surface area contributed by atoms with Crippen molar-refractivity contribution < 1.29 is 14.3 Å². The Morgan fingerprint density at radius 3 is 2.55 bits per heavy atom. The second-order valence-electron chi connectivity index (χ2n) is 6.55. The van der Waals surface area contributed by atoms with E-state index in [1.165, 1.54) is 25.7 Å². The molecular weight excluding hydrogens is 278 g/mol. The third-order valence-electron chi connectivity index (χ3n) is 5.04. The van der Waals surface area contributed by atoms with Crippen LogP contribution < -0.4 is 9.47 Å². The van der Waals surface area contributed by atoms with Crippen LogP contribution in [0, 0.1) is 11.8 Å². The summed E-state index contributed by atoms with van der Waals surface area (Å²) in [6, 6.07) is 5.66. The maximum absolute atomic E-state index is 12.7. The van der Waals surface area contributed by atoms with Crippen molar-refractivity contribution in [3.63, 3.8) is 0 Å². The van der Waals surface area contributed by atoms with Crippen LogP contribution in [0.1, 0.15) is 31.2 Å². The van der Waals surface area contributed by atoms with E-state index in [1.807, 2.05) is 18.2 Å². The van der Waals surface area contributed by atoms with Gasteiger partial charge in [-0.1, -0.05) is 12.5 Å². The van der Waals surface area contributed by atoms with E-state index >= 15 is 0 Å². The second-order valence-corrected chi connectivity index (χ2v) is 6.55. The predicted octanol–water partition coefficient (Wildman–Crippen LogP) is 2.89. The molecule has 3 rings (SSSR count). The Morgan fingerprint density at radius 2 is 1.91 bits per heavy atom. The van der Waals surface area contributed by atoms with E-state index in [-0.39, 0.29) is 5.91 Å². The maximum Gasteiger partial charge on any atom is 0.227 e. The molecule has 2 atom stereocenters. The third kappa shape index (κ3) is 3.21. The van der Waals surface area contributed by atoms with Crippen molar-refractivity contribution in [3.05, 3.63) is 23.8 Å². The summed E-state index contributed by atoms with van der Waals surface area (Å²) in [4.78, 5) is 14.7. The highest BCUT2D eigenvalue weighted by atomic mass is 16.5. The molecule has 4 nitrogen and oxygen atoms in total. The first-order chi connectivity index (χ1) is 10.7. The lowest BCUT2D eigenvalue weighted by Crippen LogP contribution is -2.46. The van der Waals surface area contributed by atoms with Crippen LogP contribution in [0.15, 0.2) is 18.2 Å². The summed E-state index contributed by atoms with van der Waals surface area (Å²) in [6.45, 7) is 1.88. The van der Waals surface area contributed by atoms with Gasteiger partial charge in [-0.2, -0.15) is 0 Å². The molecule has 0 aromatic heterocycles. The van der Waals surface area contributed by atoms with Gasteiger partial charge in [-0.3, -0.25) is 4.79 Å². The van der Waals surface area contributed by atoms with Crippen LogP contribution in [-0.4, -0.2) is 38.1 Å². The molecule has 120 valence electrons. The maximum atomic E-state index is 12.7. The van der Waals surface area contributed by atoms with Gasteiger partial charge in [-0.15, -0.1) is 0 Å². The zero-order valence-corrected chi connectivity index (χ0v) is 13.5. The minimum Gasteiger partial charge on any atom is -0.497 e. The number of likely N-dealkylation sites (tertiary alicyclic amines) is 1. The Balaban J connectivity index is 1.69. The van der Waals surface area contributed by atoms with Gasteiger partial charge in [0, 0.05) is 24.7 Å². The van der Waals surface area contributed by atoms with Gasteiger partial charge in [0.2, 0.25) is 5.91 Å². The summed E-state index contributed by atoms with van der Waals surface area (Å²) in [5.41, 5.74) is 0.934. The summed E-state index contributed by atoms with van der Waals surface area (Å²) in [6.07, 6.45) is 5.63. The Labute approximate surface area is 132 Å². The number of carbonyl (C=O) groups is 1. The van der Waals surface area contributed by atoms with Crippen LogP contribution in [0.25, 0.3) is 0 Å². The molecule has 1 aliphatic heterocycles. The lowest BCUT2D eigenvalue weighted by molar-refractivity contribution is -0.134. The molecule has 0 N–H and O–H groups in total. The fourth-order valence-corrected chi connectivity index (χ4v) is 3.91. The molecule has 2 fully saturated rings. The first-order valence-electron chi connectivity index (χ1n) is 8.18. The number of rotatable bonds is 4. The minimum atomic E-state index is 0.222. The molecule has 0 unspecified atom stereocenters. The van der Waals surface area contributed by atoms with E-state index in [0.29, 0.717) is 18.3 Å². The zero-order valence-electron chi connectivity index (χ0n) is 13.5. The van der Waals surface area contributed by atoms with Crippen LogP contribution in [0.2, 0.25) is 0 Å². The monoisotopic (exact) mass is 303 g/mol. The number of hydrogen-bond donors (Lipinski definition) is 0. The number of hydrogen-bond acceptors (Lipinski definition) is 3. The van der Waals surface area contributed by atoms with Crippen LogP contribution in [-0.2, 0) is 11.2 Å². The second kappa shape index (κ2) is 6.59. The third-order valence-corrected chi connectivity index (χ3v) is 5.04. The molecule has 22 heavy (non-hydrogen) atoms. The molecule has 0 radical (unpaired) electrons. The topological polar surface area (TPSA) is 38.8 Å². The molecule has 0 spiro atoms. The molecule has 1 aromatic rings. The fourth-order valence-electron chi connectivity index (χ4n) is 3.91. The number of piperidine rings is 1. The van der Waals surface area contributed by atoms with E-state index in [9.17, 15) is 4.79 Å². The SMILES string of the molecule is COc1ccc(CC(=O)N2C[C@@H]3CCC[C@H](C3)C2)c(OC)c1. The van der Waals surface area contributed by atoms with E-state index in [2.05, 4.69) is 4.90 Å². The zero-order chi connectivity index (χ0) is 15.5. The molecule has 1 amide bonds. The molecular formula is C18H25NO3. The average Bonchev–Trinajstić information content (AvgIpc) is 2.54. The molecule has 1 heterocycles. The van der Waals surface area contributed by atoms with Gasteiger partial charge in [0.05, 0.1) is 20.6 Å². The number of nitrogens with zero attached hydrogens (tertiary/aromatic N) is 1. The molecule has 1 aliphatic carbocycles. The highest BCUT2D eigenvalue weighted by Gasteiger charge is 2.32. The fraction of sp³-hybridized carbons (Fsp3) is 0.611. The van der Waals surface area contributed by atoms with Gasteiger partial charge in [-0.25, -0.2) is 0 Å². The predicted molar refractivity (Wildman–Crippen MR) is 85.3 cm³/mol. The molecule has 4 heteroatoms. The highest BCUT2D eigenvalue weighted by Crippen LogP contribution is 2.35. The van der Waals surface area contributed by atoms with Gasteiger partial charge >= 0.3 is 0 Å². The number of amides is 1. The molecule has 1 saturated heterocycles. The van der Waals surface area contributed by atoms with Crippen molar-refractivity contribution in [2.75, 3.05) is 27.3 Å². The average molecular weight is 303 g/mol. The van der Waals surface area contributed by atoms with Crippen molar-refractivity contribution in [1.29, 1.82) is 0 Å². The Kier molecular flexibility index (Phi) is 4.55. The van der Waals surface area contributed by atoms with Crippen LogP contribution >= 0.6 is 0 Å². The Hall–Kier alpha value is -1.71. The van der Waals surface area contributed by atoms with E-state index < -0.39 is 0 Å². The largest absolute Gasteiger partial charge is 0.497 e. The molecule has 2 aliphatic rings. The lowest BCUT2D eigenvalue weighted by Gasteiger charge is -2.41. The lowest BCUT2D eigenvalue weighted by atomic mass is 9.78. The minimum absolute atomic E-state index is 0.222. The molecule has 1 saturated carbocycles. The van der Waals surface area contributed by atoms with Crippen LogP contribution in [0.3, 0.4) is 0 Å². The summed E-state index contributed by atoms with van der Waals surface area (Å²) in [5.74, 6) is 3.13. The standard InChI is InChI=1S/C18H25NO3/c1-21-16-7-6-15(17(10-16)22-2)9-18(20)19-11-13-4-3-5-14(8-13)12-19/h6-7,10,13-14H,3-5,8-9,11-12H2,1-2H3/t13-,14-/m1/s1. The van der Waals surface area contributed by atoms with Crippen molar-refractivity contribution >= 4 is 5.91 Å². The van der Waals surface area contributed by atoms with Crippen molar-refractivity contribution in [2.24, 2.45) is 11.8 Å². The van der Waals surface area contributed by atoms with Gasteiger partial charge in [-0.05, 0) is 37.2 Å². The van der Waals surface area contributed by atoms with Crippen LogP contribution in [0.4, 0.5) is 0 Å². The van der Waals surface area contributed by atoms with Crippen molar-refractivity contribution in [2.45, 2.75) is 32.1 Å². The van der Waals surface area contributed by atoms with E-state index in [4.69, 9.17) is 9.47 Å². The quantitative estimate of drug-likeness (QED) is 0.858. The van der Waals surface area contributed by atoms with E-state index in [0.717, 1.165) is 30.2 Å². The number of carbonyl (C=O) groups excluding carboxylic acids is 1. The smallest absolute Gasteiger partial charge is 0.227 e. The number of ether oxygens (including phenoxy) is 2. The van der Waals surface area contributed by atoms with Gasteiger partial charge in [0.15, 0.2) is 0 Å². The Morgan fingerprint density at radius 1 is 1.18 bits per heavy atom. The Bertz CT molecular complexity index is 531. The van der Waals surface area contributed by atoms with E-state index in [1.54, 1.807) is 14.2 Å². The number of fused-ring (bicyclic) bond motifs is 2. The summed E-state index contributed by atoms with van der Waals surface area (Å²) in [5, 5.41) is 0. The van der Waals surface area contributed by atoms with Gasteiger partial charge in [0.25, 0.3) is 0 Å². The van der Waals surface area contributed by atoms with Crippen molar-refractivity contribution in [1.82, 2.24) is 4.90 Å². The summed E-state index contributed by atoms with van der Waals surface area (Å²) >= 11 is 0. The summed E-state index contributed by atoms with van der Waals surface area (Å²) < 4.78 is 10.6.